The number of aromatic nitrogens is 2. The summed E-state index contributed by atoms with van der Waals surface area (Å²) in [6, 6.07) is 0.575. The maximum absolute atomic E-state index is 4.27. The Kier molecular flexibility index (Phi) is 2.09. The molecule has 3 heteroatoms. The van der Waals surface area contributed by atoms with Crippen LogP contribution in [0.5, 0.6) is 0 Å². The molecule has 0 amide bonds. The van der Waals surface area contributed by atoms with Gasteiger partial charge >= 0.3 is 0 Å². The summed E-state index contributed by atoms with van der Waals surface area (Å²) in [4.78, 5) is 0. The van der Waals surface area contributed by atoms with Crippen molar-refractivity contribution >= 4 is 0 Å². The highest BCUT2D eigenvalue weighted by Gasteiger charge is 2.47. The molecule has 2 fully saturated rings. The minimum absolute atomic E-state index is 0.571. The summed E-state index contributed by atoms with van der Waals surface area (Å²) >= 11 is 0. The molecule has 1 saturated carbocycles. The van der Waals surface area contributed by atoms with Crippen LogP contribution >= 0.6 is 0 Å². The standard InChI is InChI=1S/C12H19N3/c1-15-8-10(7-14-15)11-12(9-13-11)5-3-2-4-6-12/h7-8,11,13H,2-6,9H2,1H3/t11-/m0/s1. The fourth-order valence-electron chi connectivity index (χ4n) is 3.27. The van der Waals surface area contributed by atoms with Crippen LogP contribution in [0.4, 0.5) is 0 Å². The lowest BCUT2D eigenvalue weighted by Crippen LogP contribution is -2.56. The molecule has 1 N–H and O–H groups in total. The highest BCUT2D eigenvalue weighted by atomic mass is 15.2. The number of rotatable bonds is 1. The number of hydrogen-bond donors (Lipinski definition) is 1. The van der Waals surface area contributed by atoms with Gasteiger partial charge in [-0.05, 0) is 12.8 Å². The van der Waals surface area contributed by atoms with Crippen molar-refractivity contribution in [3.63, 3.8) is 0 Å². The summed E-state index contributed by atoms with van der Waals surface area (Å²) in [5, 5.41) is 7.86. The summed E-state index contributed by atoms with van der Waals surface area (Å²) in [6.45, 7) is 1.21. The fourth-order valence-corrected chi connectivity index (χ4v) is 3.27. The molecule has 1 aromatic heterocycles. The van der Waals surface area contributed by atoms with Crippen LogP contribution in [0.3, 0.4) is 0 Å². The molecule has 1 saturated heterocycles. The van der Waals surface area contributed by atoms with E-state index in [0.717, 1.165) is 0 Å². The highest BCUT2D eigenvalue weighted by Crippen LogP contribution is 2.50. The van der Waals surface area contributed by atoms with E-state index in [1.165, 1.54) is 44.2 Å². The third-order valence-electron chi connectivity index (χ3n) is 4.18. The quantitative estimate of drug-likeness (QED) is 0.760. The van der Waals surface area contributed by atoms with E-state index in [9.17, 15) is 0 Å². The van der Waals surface area contributed by atoms with Gasteiger partial charge in [-0.1, -0.05) is 19.3 Å². The second-order valence-corrected chi connectivity index (χ2v) is 5.18. The highest BCUT2D eigenvalue weighted by molar-refractivity contribution is 5.20. The van der Waals surface area contributed by atoms with Crippen LogP contribution in [-0.2, 0) is 7.05 Å². The third-order valence-corrected chi connectivity index (χ3v) is 4.18. The van der Waals surface area contributed by atoms with Gasteiger partial charge in [-0.2, -0.15) is 5.10 Å². The van der Waals surface area contributed by atoms with Crippen molar-refractivity contribution in [3.05, 3.63) is 18.0 Å². The van der Waals surface area contributed by atoms with Gasteiger partial charge in [0.15, 0.2) is 0 Å². The Bertz CT molecular complexity index is 350. The summed E-state index contributed by atoms with van der Waals surface area (Å²) in [7, 11) is 2.00. The lowest BCUT2D eigenvalue weighted by molar-refractivity contribution is 0.0360. The van der Waals surface area contributed by atoms with Crippen molar-refractivity contribution in [2.24, 2.45) is 12.5 Å². The molecule has 2 aliphatic rings. The zero-order valence-electron chi connectivity index (χ0n) is 9.37. The van der Waals surface area contributed by atoms with Gasteiger partial charge in [-0.3, -0.25) is 4.68 Å². The molecule has 0 aromatic carbocycles. The lowest BCUT2D eigenvalue weighted by atomic mass is 9.63. The minimum Gasteiger partial charge on any atom is -0.309 e. The van der Waals surface area contributed by atoms with Gasteiger partial charge in [0, 0.05) is 36.8 Å². The van der Waals surface area contributed by atoms with Gasteiger partial charge < -0.3 is 5.32 Å². The van der Waals surface area contributed by atoms with E-state index in [1.54, 1.807) is 0 Å². The van der Waals surface area contributed by atoms with Crippen LogP contribution in [0.25, 0.3) is 0 Å². The number of hydrogen-bond acceptors (Lipinski definition) is 2. The summed E-state index contributed by atoms with van der Waals surface area (Å²) in [5.41, 5.74) is 1.95. The molecule has 15 heavy (non-hydrogen) atoms. The van der Waals surface area contributed by atoms with E-state index in [2.05, 4.69) is 16.6 Å². The molecule has 0 unspecified atom stereocenters. The Morgan fingerprint density at radius 3 is 2.73 bits per heavy atom. The molecule has 2 heterocycles. The third kappa shape index (κ3) is 1.41. The molecule has 1 aliphatic heterocycles. The Morgan fingerprint density at radius 1 is 1.40 bits per heavy atom. The first-order valence-electron chi connectivity index (χ1n) is 6.02. The normalized spacial score (nSPS) is 29.0. The van der Waals surface area contributed by atoms with Crippen molar-refractivity contribution in [1.82, 2.24) is 15.1 Å². The average Bonchev–Trinajstić information content (AvgIpc) is 2.64. The molecule has 3 rings (SSSR count). The summed E-state index contributed by atoms with van der Waals surface area (Å²) in [6.07, 6.45) is 11.2. The molecular weight excluding hydrogens is 186 g/mol. The second kappa shape index (κ2) is 3.34. The van der Waals surface area contributed by atoms with Crippen LogP contribution < -0.4 is 5.32 Å². The Hall–Kier alpha value is -0.830. The van der Waals surface area contributed by atoms with Crippen molar-refractivity contribution in [1.29, 1.82) is 0 Å². The monoisotopic (exact) mass is 205 g/mol. The maximum Gasteiger partial charge on any atom is 0.0537 e. The smallest absolute Gasteiger partial charge is 0.0537 e. The van der Waals surface area contributed by atoms with E-state index < -0.39 is 0 Å². The molecule has 3 nitrogen and oxygen atoms in total. The molecular formula is C12H19N3. The van der Waals surface area contributed by atoms with Crippen molar-refractivity contribution < 1.29 is 0 Å². The molecule has 82 valence electrons. The Labute approximate surface area is 90.9 Å². The predicted molar refractivity (Wildman–Crippen MR) is 59.5 cm³/mol. The van der Waals surface area contributed by atoms with Gasteiger partial charge in [0.25, 0.3) is 0 Å². The molecule has 1 aromatic rings. The first kappa shape index (κ1) is 9.40. The van der Waals surface area contributed by atoms with E-state index in [1.807, 2.05) is 17.9 Å². The van der Waals surface area contributed by atoms with E-state index in [0.29, 0.717) is 11.5 Å². The minimum atomic E-state index is 0.571. The first-order valence-corrected chi connectivity index (χ1v) is 6.02. The predicted octanol–water partition coefficient (Wildman–Crippen LogP) is 2.01. The van der Waals surface area contributed by atoms with Crippen LogP contribution in [-0.4, -0.2) is 16.3 Å². The zero-order valence-corrected chi connectivity index (χ0v) is 9.37. The fraction of sp³-hybridized carbons (Fsp3) is 0.750. The number of nitrogens with one attached hydrogen (secondary N) is 1. The topological polar surface area (TPSA) is 29.9 Å². The van der Waals surface area contributed by atoms with Gasteiger partial charge in [0.2, 0.25) is 0 Å². The molecule has 1 spiro atoms. The van der Waals surface area contributed by atoms with E-state index in [4.69, 9.17) is 0 Å². The van der Waals surface area contributed by atoms with E-state index >= 15 is 0 Å². The van der Waals surface area contributed by atoms with Crippen molar-refractivity contribution in [3.8, 4) is 0 Å². The van der Waals surface area contributed by atoms with Crippen LogP contribution in [0.1, 0.15) is 43.7 Å². The largest absolute Gasteiger partial charge is 0.309 e. The van der Waals surface area contributed by atoms with Gasteiger partial charge in [0.05, 0.1) is 6.20 Å². The summed E-state index contributed by atoms with van der Waals surface area (Å²) in [5.74, 6) is 0. The van der Waals surface area contributed by atoms with Crippen LogP contribution in [0.2, 0.25) is 0 Å². The van der Waals surface area contributed by atoms with Crippen molar-refractivity contribution in [2.75, 3.05) is 6.54 Å². The number of nitrogens with zero attached hydrogens (tertiary/aromatic N) is 2. The van der Waals surface area contributed by atoms with Crippen LogP contribution in [0.15, 0.2) is 12.4 Å². The van der Waals surface area contributed by atoms with Gasteiger partial charge in [-0.25, -0.2) is 0 Å². The first-order chi connectivity index (χ1) is 7.30. The molecule has 1 atom stereocenters. The maximum atomic E-state index is 4.27. The SMILES string of the molecule is Cn1cc([C@@H]2NCC23CCCCC3)cn1. The molecule has 0 bridgehead atoms. The second-order valence-electron chi connectivity index (χ2n) is 5.18. The lowest BCUT2D eigenvalue weighted by Gasteiger charge is -2.52. The van der Waals surface area contributed by atoms with E-state index in [-0.39, 0.29) is 0 Å². The van der Waals surface area contributed by atoms with Gasteiger partial charge in [0.1, 0.15) is 0 Å². The summed E-state index contributed by atoms with van der Waals surface area (Å²) < 4.78 is 1.91. The Balaban J connectivity index is 1.82. The Morgan fingerprint density at radius 2 is 2.20 bits per heavy atom. The molecule has 1 aliphatic carbocycles. The zero-order chi connectivity index (χ0) is 10.3. The van der Waals surface area contributed by atoms with Crippen molar-refractivity contribution in [2.45, 2.75) is 38.1 Å². The van der Waals surface area contributed by atoms with Gasteiger partial charge in [-0.15, -0.1) is 0 Å². The molecule has 0 radical (unpaired) electrons. The van der Waals surface area contributed by atoms with Crippen LogP contribution in [0, 0.1) is 5.41 Å². The average molecular weight is 205 g/mol. The number of aryl methyl sites for hydroxylation is 1.